The van der Waals surface area contributed by atoms with Crippen LogP contribution in [0.2, 0.25) is 0 Å². The van der Waals surface area contributed by atoms with E-state index in [1.165, 1.54) is 22.3 Å². The summed E-state index contributed by atoms with van der Waals surface area (Å²) in [6.07, 6.45) is 15.6. The van der Waals surface area contributed by atoms with Crippen molar-refractivity contribution in [2.45, 2.75) is 100 Å². The molecule has 0 N–H and O–H groups in total. The lowest BCUT2D eigenvalue weighted by molar-refractivity contribution is -0.139. The number of rotatable bonds is 11. The lowest BCUT2D eigenvalue weighted by atomic mass is 9.63. The second kappa shape index (κ2) is 12.8. The number of hydrogen-bond acceptors (Lipinski definition) is 2. The number of ketones is 2. The Kier molecular flexibility index (Phi) is 11.2. The Morgan fingerprint density at radius 1 is 0.903 bits per heavy atom. The molecule has 1 rings (SSSR count). The van der Waals surface area contributed by atoms with Crippen molar-refractivity contribution in [3.8, 4) is 0 Å². The zero-order valence-corrected chi connectivity index (χ0v) is 21.2. The first-order valence-corrected chi connectivity index (χ1v) is 11.8. The SMILES string of the molecule is CC(C)=CCCC(=O)[C@]1(C/C=C(\C)CCC=C(C)C)C[C@H](CC=C(C)C)C(C)=CC1=O. The Morgan fingerprint density at radius 3 is 2.00 bits per heavy atom. The third-order valence-corrected chi connectivity index (χ3v) is 6.23. The third kappa shape index (κ3) is 8.97. The van der Waals surface area contributed by atoms with E-state index in [1.54, 1.807) is 6.08 Å². The molecule has 0 radical (unpaired) electrons. The van der Waals surface area contributed by atoms with E-state index in [0.29, 0.717) is 25.7 Å². The summed E-state index contributed by atoms with van der Waals surface area (Å²) < 4.78 is 0. The van der Waals surface area contributed by atoms with E-state index in [-0.39, 0.29) is 17.5 Å². The minimum absolute atomic E-state index is 0.00833. The van der Waals surface area contributed by atoms with Crippen LogP contribution in [0.3, 0.4) is 0 Å². The molecule has 0 fully saturated rings. The van der Waals surface area contributed by atoms with E-state index in [4.69, 9.17) is 0 Å². The highest BCUT2D eigenvalue weighted by molar-refractivity contribution is 6.12. The largest absolute Gasteiger partial charge is 0.299 e. The van der Waals surface area contributed by atoms with Crippen LogP contribution in [-0.2, 0) is 9.59 Å². The summed E-state index contributed by atoms with van der Waals surface area (Å²) in [6.45, 7) is 16.7. The topological polar surface area (TPSA) is 34.1 Å². The summed E-state index contributed by atoms with van der Waals surface area (Å²) in [4.78, 5) is 26.8. The maximum absolute atomic E-state index is 13.5. The van der Waals surface area contributed by atoms with Gasteiger partial charge in [-0.3, -0.25) is 9.59 Å². The molecule has 0 spiro atoms. The molecule has 0 bridgehead atoms. The zero-order valence-electron chi connectivity index (χ0n) is 21.2. The van der Waals surface area contributed by atoms with Gasteiger partial charge in [-0.05, 0) is 106 Å². The van der Waals surface area contributed by atoms with Gasteiger partial charge in [-0.1, -0.05) is 52.2 Å². The molecule has 0 unspecified atom stereocenters. The van der Waals surface area contributed by atoms with Gasteiger partial charge in [0.15, 0.2) is 5.78 Å². The van der Waals surface area contributed by atoms with Crippen molar-refractivity contribution in [2.24, 2.45) is 11.3 Å². The lowest BCUT2D eigenvalue weighted by Crippen LogP contribution is -2.43. The number of allylic oxidation sites excluding steroid dienone is 10. The highest BCUT2D eigenvalue weighted by atomic mass is 16.2. The monoisotopic (exact) mass is 424 g/mol. The van der Waals surface area contributed by atoms with Gasteiger partial charge < -0.3 is 0 Å². The Morgan fingerprint density at radius 2 is 1.45 bits per heavy atom. The minimum Gasteiger partial charge on any atom is -0.299 e. The number of hydrogen-bond donors (Lipinski definition) is 0. The van der Waals surface area contributed by atoms with Gasteiger partial charge in [0, 0.05) is 6.42 Å². The Labute approximate surface area is 191 Å². The molecule has 1 aliphatic rings. The molecule has 0 saturated heterocycles. The van der Waals surface area contributed by atoms with E-state index in [9.17, 15) is 9.59 Å². The molecule has 0 heterocycles. The summed E-state index contributed by atoms with van der Waals surface area (Å²) in [5.74, 6) is 0.364. The minimum atomic E-state index is -0.910. The van der Waals surface area contributed by atoms with E-state index >= 15 is 0 Å². The van der Waals surface area contributed by atoms with Crippen molar-refractivity contribution in [2.75, 3.05) is 0 Å². The standard InChI is InChI=1S/C29H44O2/c1-21(2)11-9-13-24(7)17-18-29(27(30)14-10-12-22(3)4)20-26(16-15-23(5)6)25(8)19-28(29)31/h11-12,15,17,19,26H,9-10,13-14,16,18,20H2,1-8H3/b24-17+/t26-,29-/m0/s1. The average Bonchev–Trinajstić information content (AvgIpc) is 2.66. The average molecular weight is 425 g/mol. The van der Waals surface area contributed by atoms with Gasteiger partial charge in [0.25, 0.3) is 0 Å². The van der Waals surface area contributed by atoms with Crippen molar-refractivity contribution < 1.29 is 9.59 Å². The summed E-state index contributed by atoms with van der Waals surface area (Å²) >= 11 is 0. The molecule has 0 aliphatic heterocycles. The smallest absolute Gasteiger partial charge is 0.169 e. The maximum atomic E-state index is 13.5. The Bertz CT molecular complexity index is 789. The van der Waals surface area contributed by atoms with Gasteiger partial charge in [0.05, 0.1) is 5.41 Å². The molecule has 1 aliphatic carbocycles. The van der Waals surface area contributed by atoms with Crippen molar-refractivity contribution in [1.82, 2.24) is 0 Å². The van der Waals surface area contributed by atoms with Gasteiger partial charge in [-0.15, -0.1) is 0 Å². The summed E-state index contributed by atoms with van der Waals surface area (Å²) in [7, 11) is 0. The molecule has 2 nitrogen and oxygen atoms in total. The predicted octanol–water partition coefficient (Wildman–Crippen LogP) is 8.26. The highest BCUT2D eigenvalue weighted by Gasteiger charge is 2.46. The fourth-order valence-electron chi connectivity index (χ4n) is 4.11. The second-order valence-corrected chi connectivity index (χ2v) is 10.1. The van der Waals surface area contributed by atoms with E-state index in [0.717, 1.165) is 24.8 Å². The van der Waals surface area contributed by atoms with E-state index < -0.39 is 5.41 Å². The van der Waals surface area contributed by atoms with Gasteiger partial charge in [0.2, 0.25) is 0 Å². The van der Waals surface area contributed by atoms with Crippen LogP contribution in [0.1, 0.15) is 100 Å². The van der Waals surface area contributed by atoms with E-state index in [1.807, 2.05) is 20.8 Å². The summed E-state index contributed by atoms with van der Waals surface area (Å²) in [5.41, 5.74) is 5.27. The van der Waals surface area contributed by atoms with Crippen LogP contribution in [-0.4, -0.2) is 11.6 Å². The van der Waals surface area contributed by atoms with Crippen molar-refractivity contribution in [1.29, 1.82) is 0 Å². The van der Waals surface area contributed by atoms with Crippen LogP contribution in [0, 0.1) is 11.3 Å². The summed E-state index contributed by atoms with van der Waals surface area (Å²) in [5, 5.41) is 0. The van der Waals surface area contributed by atoms with Gasteiger partial charge in [0.1, 0.15) is 5.78 Å². The first-order chi connectivity index (χ1) is 14.5. The van der Waals surface area contributed by atoms with Crippen LogP contribution >= 0.6 is 0 Å². The Balaban J connectivity index is 3.19. The molecule has 172 valence electrons. The quantitative estimate of drug-likeness (QED) is 0.247. The van der Waals surface area contributed by atoms with Crippen LogP contribution in [0.5, 0.6) is 0 Å². The molecule has 0 aromatic rings. The lowest BCUT2D eigenvalue weighted by Gasteiger charge is -2.37. The fraction of sp³-hybridized carbons (Fsp3) is 0.586. The van der Waals surface area contributed by atoms with Crippen molar-refractivity contribution in [3.05, 3.63) is 58.2 Å². The van der Waals surface area contributed by atoms with E-state index in [2.05, 4.69) is 58.9 Å². The first-order valence-electron chi connectivity index (χ1n) is 11.8. The molecular formula is C29H44O2. The number of carbonyl (C=O) groups excluding carboxylic acids is 2. The van der Waals surface area contributed by atoms with Crippen molar-refractivity contribution >= 4 is 11.6 Å². The number of Topliss-reactive ketones (excluding diaryl/α,β-unsaturated/α-hetero) is 1. The molecule has 0 amide bonds. The van der Waals surface area contributed by atoms with Crippen LogP contribution < -0.4 is 0 Å². The first kappa shape index (κ1) is 27.1. The van der Waals surface area contributed by atoms with Crippen LogP contribution in [0.4, 0.5) is 0 Å². The van der Waals surface area contributed by atoms with Crippen LogP contribution in [0.15, 0.2) is 58.2 Å². The highest BCUT2D eigenvalue weighted by Crippen LogP contribution is 2.43. The molecule has 2 atom stereocenters. The molecule has 31 heavy (non-hydrogen) atoms. The molecular weight excluding hydrogens is 380 g/mol. The summed E-state index contributed by atoms with van der Waals surface area (Å²) in [6, 6.07) is 0. The third-order valence-electron chi connectivity index (χ3n) is 6.23. The number of carbonyl (C=O) groups is 2. The van der Waals surface area contributed by atoms with Gasteiger partial charge in [-0.2, -0.15) is 0 Å². The molecule has 0 saturated carbocycles. The fourth-order valence-corrected chi connectivity index (χ4v) is 4.11. The van der Waals surface area contributed by atoms with Crippen molar-refractivity contribution in [3.63, 3.8) is 0 Å². The molecule has 2 heteroatoms. The molecule has 0 aromatic heterocycles. The Hall–Kier alpha value is -1.96. The van der Waals surface area contributed by atoms with Gasteiger partial charge in [-0.25, -0.2) is 0 Å². The van der Waals surface area contributed by atoms with Gasteiger partial charge >= 0.3 is 0 Å². The normalized spacial score (nSPS) is 21.3. The van der Waals surface area contributed by atoms with Crippen LogP contribution in [0.25, 0.3) is 0 Å². The maximum Gasteiger partial charge on any atom is 0.169 e. The zero-order chi connectivity index (χ0) is 23.6. The predicted molar refractivity (Wildman–Crippen MR) is 134 cm³/mol. The molecule has 0 aromatic carbocycles. The second-order valence-electron chi connectivity index (χ2n) is 10.1.